The number of hydrogen-bond acceptors (Lipinski definition) is 4. The molecular formula is C13H18N2O3. The summed E-state index contributed by atoms with van der Waals surface area (Å²) in [5, 5.41) is 0. The molecular weight excluding hydrogens is 232 g/mol. The number of benzene rings is 1. The van der Waals surface area contributed by atoms with Crippen LogP contribution in [0.3, 0.4) is 0 Å². The molecule has 0 unspecified atom stereocenters. The Bertz CT molecular complexity index is 448. The van der Waals surface area contributed by atoms with Gasteiger partial charge < -0.3 is 20.1 Å². The number of hydrogen-bond donors (Lipinski definition) is 1. The summed E-state index contributed by atoms with van der Waals surface area (Å²) < 4.78 is 10.5. The number of nitrogens with two attached hydrogens (primary N) is 1. The highest BCUT2D eigenvalue weighted by Gasteiger charge is 2.27. The Balaban J connectivity index is 2.30. The minimum atomic E-state index is -0.0568. The van der Waals surface area contributed by atoms with Crippen LogP contribution in [0.2, 0.25) is 0 Å². The average Bonchev–Trinajstić information content (AvgIpc) is 2.83. The van der Waals surface area contributed by atoms with Gasteiger partial charge in [0.2, 0.25) is 0 Å². The average molecular weight is 250 g/mol. The number of amides is 1. The number of likely N-dealkylation sites (tertiary alicyclic amines) is 1. The molecule has 0 saturated carbocycles. The molecule has 1 aromatic carbocycles. The van der Waals surface area contributed by atoms with E-state index >= 15 is 0 Å². The van der Waals surface area contributed by atoms with Gasteiger partial charge in [0.25, 0.3) is 5.91 Å². The third kappa shape index (κ3) is 2.26. The fourth-order valence-corrected chi connectivity index (χ4v) is 2.20. The fraction of sp³-hybridized carbons (Fsp3) is 0.462. The van der Waals surface area contributed by atoms with E-state index in [4.69, 9.17) is 15.2 Å². The Hall–Kier alpha value is -1.75. The van der Waals surface area contributed by atoms with Crippen molar-refractivity contribution in [3.8, 4) is 11.5 Å². The Kier molecular flexibility index (Phi) is 3.72. The van der Waals surface area contributed by atoms with Crippen molar-refractivity contribution in [2.24, 2.45) is 5.73 Å². The number of methoxy groups -OCH3 is 2. The summed E-state index contributed by atoms with van der Waals surface area (Å²) in [5.41, 5.74) is 6.34. The SMILES string of the molecule is COc1cccc(C(=O)N2CC[C@H](N)C2)c1OC. The largest absolute Gasteiger partial charge is 0.493 e. The van der Waals surface area contributed by atoms with Crippen molar-refractivity contribution in [1.82, 2.24) is 4.90 Å². The molecule has 0 aliphatic carbocycles. The van der Waals surface area contributed by atoms with Crippen LogP contribution in [0.4, 0.5) is 0 Å². The maximum absolute atomic E-state index is 12.4. The van der Waals surface area contributed by atoms with E-state index in [0.717, 1.165) is 6.42 Å². The van der Waals surface area contributed by atoms with E-state index in [2.05, 4.69) is 0 Å². The second-order valence-electron chi connectivity index (χ2n) is 4.34. The molecule has 0 spiro atoms. The standard InChI is InChI=1S/C13H18N2O3/c1-17-11-5-3-4-10(12(11)18-2)13(16)15-7-6-9(14)8-15/h3-5,9H,6-8,14H2,1-2H3/t9-/m0/s1. The molecule has 1 saturated heterocycles. The second kappa shape index (κ2) is 5.27. The van der Waals surface area contributed by atoms with E-state index < -0.39 is 0 Å². The van der Waals surface area contributed by atoms with Gasteiger partial charge in [0.05, 0.1) is 19.8 Å². The molecule has 1 aliphatic heterocycles. The predicted molar refractivity (Wildman–Crippen MR) is 68.0 cm³/mol. The van der Waals surface area contributed by atoms with Crippen molar-refractivity contribution in [1.29, 1.82) is 0 Å². The normalized spacial score (nSPS) is 18.8. The van der Waals surface area contributed by atoms with Crippen LogP contribution in [0.25, 0.3) is 0 Å². The zero-order valence-electron chi connectivity index (χ0n) is 10.7. The first kappa shape index (κ1) is 12.7. The summed E-state index contributed by atoms with van der Waals surface area (Å²) >= 11 is 0. The summed E-state index contributed by atoms with van der Waals surface area (Å²) in [6, 6.07) is 5.37. The Morgan fingerprint density at radius 1 is 1.39 bits per heavy atom. The number of carbonyl (C=O) groups is 1. The van der Waals surface area contributed by atoms with E-state index in [9.17, 15) is 4.79 Å². The molecule has 0 radical (unpaired) electrons. The van der Waals surface area contributed by atoms with Gasteiger partial charge in [-0.1, -0.05) is 6.07 Å². The highest BCUT2D eigenvalue weighted by Crippen LogP contribution is 2.31. The number of carbonyl (C=O) groups excluding carboxylic acids is 1. The zero-order chi connectivity index (χ0) is 13.1. The first-order chi connectivity index (χ1) is 8.67. The molecule has 2 rings (SSSR count). The number of nitrogens with zero attached hydrogens (tertiary/aromatic N) is 1. The second-order valence-corrected chi connectivity index (χ2v) is 4.34. The predicted octanol–water partition coefficient (Wildman–Crippen LogP) is 0.877. The van der Waals surface area contributed by atoms with Crippen LogP contribution in [0.1, 0.15) is 16.8 Å². The summed E-state index contributed by atoms with van der Waals surface area (Å²) in [6.07, 6.45) is 0.845. The van der Waals surface area contributed by atoms with Crippen molar-refractivity contribution in [3.63, 3.8) is 0 Å². The molecule has 1 aliphatic rings. The summed E-state index contributed by atoms with van der Waals surface area (Å²) in [7, 11) is 3.09. The quantitative estimate of drug-likeness (QED) is 0.864. The molecule has 1 amide bonds. The Morgan fingerprint density at radius 3 is 2.72 bits per heavy atom. The van der Waals surface area contributed by atoms with Gasteiger partial charge in [-0.2, -0.15) is 0 Å². The third-order valence-electron chi connectivity index (χ3n) is 3.15. The summed E-state index contributed by atoms with van der Waals surface area (Å²) in [5.74, 6) is 0.982. The van der Waals surface area contributed by atoms with E-state index in [1.54, 1.807) is 30.2 Å². The number of rotatable bonds is 3. The van der Waals surface area contributed by atoms with Crippen LogP contribution >= 0.6 is 0 Å². The lowest BCUT2D eigenvalue weighted by Gasteiger charge is -2.18. The monoisotopic (exact) mass is 250 g/mol. The minimum absolute atomic E-state index is 0.0568. The van der Waals surface area contributed by atoms with Crippen molar-refractivity contribution in [2.75, 3.05) is 27.3 Å². The molecule has 1 atom stereocenters. The molecule has 1 fully saturated rings. The van der Waals surface area contributed by atoms with Gasteiger partial charge in [-0.15, -0.1) is 0 Å². The smallest absolute Gasteiger partial charge is 0.257 e. The molecule has 1 aromatic rings. The van der Waals surface area contributed by atoms with Crippen LogP contribution in [-0.2, 0) is 0 Å². The molecule has 18 heavy (non-hydrogen) atoms. The van der Waals surface area contributed by atoms with Gasteiger partial charge in [-0.25, -0.2) is 0 Å². The lowest BCUT2D eigenvalue weighted by molar-refractivity contribution is 0.0787. The minimum Gasteiger partial charge on any atom is -0.493 e. The molecule has 2 N–H and O–H groups in total. The van der Waals surface area contributed by atoms with Gasteiger partial charge >= 0.3 is 0 Å². The first-order valence-corrected chi connectivity index (χ1v) is 5.93. The molecule has 0 aromatic heterocycles. The van der Waals surface area contributed by atoms with Crippen molar-refractivity contribution >= 4 is 5.91 Å². The van der Waals surface area contributed by atoms with Crippen molar-refractivity contribution in [2.45, 2.75) is 12.5 Å². The van der Waals surface area contributed by atoms with Crippen LogP contribution in [-0.4, -0.2) is 44.2 Å². The summed E-state index contributed by atoms with van der Waals surface area (Å²) in [6.45, 7) is 1.29. The Labute approximate surface area is 106 Å². The van der Waals surface area contributed by atoms with Crippen LogP contribution < -0.4 is 15.2 Å². The maximum Gasteiger partial charge on any atom is 0.257 e. The van der Waals surface area contributed by atoms with Gasteiger partial charge in [0.15, 0.2) is 11.5 Å². The first-order valence-electron chi connectivity index (χ1n) is 5.93. The Morgan fingerprint density at radius 2 is 2.17 bits per heavy atom. The molecule has 98 valence electrons. The van der Waals surface area contributed by atoms with Crippen LogP contribution in [0.5, 0.6) is 11.5 Å². The lowest BCUT2D eigenvalue weighted by atomic mass is 10.1. The third-order valence-corrected chi connectivity index (χ3v) is 3.15. The van der Waals surface area contributed by atoms with E-state index in [-0.39, 0.29) is 11.9 Å². The van der Waals surface area contributed by atoms with Crippen molar-refractivity contribution in [3.05, 3.63) is 23.8 Å². The number of para-hydroxylation sites is 1. The number of ether oxygens (including phenoxy) is 2. The zero-order valence-corrected chi connectivity index (χ0v) is 10.7. The topological polar surface area (TPSA) is 64.8 Å². The molecule has 5 nitrogen and oxygen atoms in total. The maximum atomic E-state index is 12.4. The highest BCUT2D eigenvalue weighted by atomic mass is 16.5. The van der Waals surface area contributed by atoms with Gasteiger partial charge in [-0.3, -0.25) is 4.79 Å². The van der Waals surface area contributed by atoms with E-state index in [1.807, 2.05) is 0 Å². The molecule has 0 bridgehead atoms. The fourth-order valence-electron chi connectivity index (χ4n) is 2.20. The molecule has 1 heterocycles. The summed E-state index contributed by atoms with van der Waals surface area (Å²) in [4.78, 5) is 14.1. The van der Waals surface area contributed by atoms with E-state index in [1.165, 1.54) is 7.11 Å². The van der Waals surface area contributed by atoms with Gasteiger partial charge in [-0.05, 0) is 18.6 Å². The van der Waals surface area contributed by atoms with Crippen LogP contribution in [0.15, 0.2) is 18.2 Å². The van der Waals surface area contributed by atoms with Gasteiger partial charge in [0.1, 0.15) is 0 Å². The van der Waals surface area contributed by atoms with Crippen molar-refractivity contribution < 1.29 is 14.3 Å². The van der Waals surface area contributed by atoms with E-state index in [0.29, 0.717) is 30.2 Å². The lowest BCUT2D eigenvalue weighted by Crippen LogP contribution is -2.32. The van der Waals surface area contributed by atoms with Gasteiger partial charge in [0, 0.05) is 19.1 Å². The molecule has 5 heteroatoms. The van der Waals surface area contributed by atoms with Crippen LogP contribution in [0, 0.1) is 0 Å². The highest BCUT2D eigenvalue weighted by molar-refractivity contribution is 5.98.